The van der Waals surface area contributed by atoms with Gasteiger partial charge in [0.15, 0.2) is 0 Å². The summed E-state index contributed by atoms with van der Waals surface area (Å²) in [6.45, 7) is 4.96. The van der Waals surface area contributed by atoms with E-state index >= 15 is 0 Å². The Bertz CT molecular complexity index is 461. The van der Waals surface area contributed by atoms with Crippen molar-refractivity contribution in [3.05, 3.63) is 30.3 Å². The first-order valence-corrected chi connectivity index (χ1v) is 6.83. The van der Waals surface area contributed by atoms with E-state index in [0.29, 0.717) is 19.8 Å². The van der Waals surface area contributed by atoms with Crippen LogP contribution < -0.4 is 4.74 Å². The fourth-order valence-electron chi connectivity index (χ4n) is 2.44. The molecule has 0 unspecified atom stereocenters. The van der Waals surface area contributed by atoms with Crippen LogP contribution in [0.1, 0.15) is 13.8 Å². The van der Waals surface area contributed by atoms with Crippen molar-refractivity contribution in [2.24, 2.45) is 5.41 Å². The molecule has 0 aromatic heterocycles. The average Bonchev–Trinajstić information content (AvgIpc) is 2.96. The van der Waals surface area contributed by atoms with Gasteiger partial charge in [-0.05, 0) is 12.1 Å². The third-order valence-electron chi connectivity index (χ3n) is 3.70. The van der Waals surface area contributed by atoms with Gasteiger partial charge in [0.05, 0.1) is 13.2 Å². The van der Waals surface area contributed by atoms with Gasteiger partial charge in [-0.2, -0.15) is 0 Å². The second-order valence-electron chi connectivity index (χ2n) is 5.96. The van der Waals surface area contributed by atoms with Crippen molar-refractivity contribution in [2.45, 2.75) is 32.0 Å². The number of rotatable bonds is 3. The molecule has 5 nitrogen and oxygen atoms in total. The van der Waals surface area contributed by atoms with Crippen molar-refractivity contribution in [1.29, 1.82) is 0 Å². The standard InChI is InChI=1S/C15H20O5/c1-14(2)10-19-15(13(14)16)18-9-12(20-15)8-17-11-6-4-3-5-7-11/h3-7,12-13,16H,8-10H2,1-2H3/t12-,13-,15+/m0/s1. The highest BCUT2D eigenvalue weighted by Crippen LogP contribution is 2.44. The molecule has 1 N–H and O–H groups in total. The molecule has 2 aliphatic rings. The fourth-order valence-corrected chi connectivity index (χ4v) is 2.44. The zero-order chi connectivity index (χ0) is 14.2. The van der Waals surface area contributed by atoms with Gasteiger partial charge in [0.2, 0.25) is 0 Å². The predicted molar refractivity (Wildman–Crippen MR) is 71.2 cm³/mol. The minimum Gasteiger partial charge on any atom is -0.491 e. The lowest BCUT2D eigenvalue weighted by molar-refractivity contribution is -0.346. The largest absolute Gasteiger partial charge is 0.491 e. The van der Waals surface area contributed by atoms with E-state index in [1.165, 1.54) is 0 Å². The number of hydrogen-bond acceptors (Lipinski definition) is 5. The van der Waals surface area contributed by atoms with Crippen LogP contribution in [-0.4, -0.2) is 43.1 Å². The quantitative estimate of drug-likeness (QED) is 0.910. The summed E-state index contributed by atoms with van der Waals surface area (Å²) < 4.78 is 22.5. The first kappa shape index (κ1) is 13.8. The molecule has 2 aliphatic heterocycles. The summed E-state index contributed by atoms with van der Waals surface area (Å²) in [4.78, 5) is 0. The number of benzene rings is 1. The third kappa shape index (κ3) is 2.42. The maximum absolute atomic E-state index is 10.3. The van der Waals surface area contributed by atoms with Crippen LogP contribution in [0.4, 0.5) is 0 Å². The Kier molecular flexibility index (Phi) is 3.46. The molecule has 0 amide bonds. The van der Waals surface area contributed by atoms with E-state index in [0.717, 1.165) is 5.75 Å². The molecule has 3 rings (SSSR count). The first-order valence-electron chi connectivity index (χ1n) is 6.83. The third-order valence-corrected chi connectivity index (χ3v) is 3.70. The summed E-state index contributed by atoms with van der Waals surface area (Å²) in [7, 11) is 0. The van der Waals surface area contributed by atoms with E-state index in [-0.39, 0.29) is 11.5 Å². The predicted octanol–water partition coefficient (Wildman–Crippen LogP) is 1.55. The minimum absolute atomic E-state index is 0.251. The summed E-state index contributed by atoms with van der Waals surface area (Å²) in [6.07, 6.45) is -1.06. The summed E-state index contributed by atoms with van der Waals surface area (Å²) in [5.41, 5.74) is -0.380. The number of hydrogen-bond donors (Lipinski definition) is 1. The molecule has 0 bridgehead atoms. The van der Waals surface area contributed by atoms with Crippen molar-refractivity contribution in [2.75, 3.05) is 19.8 Å². The van der Waals surface area contributed by atoms with Crippen molar-refractivity contribution in [3.63, 3.8) is 0 Å². The van der Waals surface area contributed by atoms with E-state index in [4.69, 9.17) is 18.9 Å². The lowest BCUT2D eigenvalue weighted by Crippen LogP contribution is -2.45. The maximum atomic E-state index is 10.3. The molecule has 110 valence electrons. The van der Waals surface area contributed by atoms with Crippen molar-refractivity contribution in [1.82, 2.24) is 0 Å². The Morgan fingerprint density at radius 2 is 2.00 bits per heavy atom. The summed E-state index contributed by atoms with van der Waals surface area (Å²) in [6, 6.07) is 9.53. The molecule has 2 saturated heterocycles. The van der Waals surface area contributed by atoms with Crippen LogP contribution in [0.3, 0.4) is 0 Å². The molecule has 2 fully saturated rings. The van der Waals surface area contributed by atoms with Crippen LogP contribution in [0.15, 0.2) is 30.3 Å². The van der Waals surface area contributed by atoms with Gasteiger partial charge in [0, 0.05) is 5.41 Å². The SMILES string of the molecule is CC1(C)CO[C@]2(OC[C@H](COc3ccccc3)O2)[C@H]1O. The van der Waals surface area contributed by atoms with E-state index in [9.17, 15) is 5.11 Å². The van der Waals surface area contributed by atoms with E-state index in [2.05, 4.69) is 0 Å². The van der Waals surface area contributed by atoms with Crippen LogP contribution in [0.2, 0.25) is 0 Å². The van der Waals surface area contributed by atoms with Gasteiger partial charge >= 0.3 is 5.97 Å². The minimum atomic E-state index is -1.33. The van der Waals surface area contributed by atoms with Crippen molar-refractivity contribution < 1.29 is 24.1 Å². The molecular weight excluding hydrogens is 260 g/mol. The fraction of sp³-hybridized carbons (Fsp3) is 0.600. The number of para-hydroxylation sites is 1. The summed E-state index contributed by atoms with van der Waals surface area (Å²) in [5.74, 6) is -0.543. The van der Waals surface area contributed by atoms with Gasteiger partial charge < -0.3 is 24.1 Å². The van der Waals surface area contributed by atoms with Gasteiger partial charge in [-0.1, -0.05) is 32.0 Å². The van der Waals surface area contributed by atoms with Gasteiger partial charge in [-0.25, -0.2) is 0 Å². The topological polar surface area (TPSA) is 57.2 Å². The van der Waals surface area contributed by atoms with Crippen molar-refractivity contribution in [3.8, 4) is 5.75 Å². The second kappa shape index (κ2) is 5.00. The monoisotopic (exact) mass is 280 g/mol. The molecule has 0 saturated carbocycles. The normalized spacial score (nSPS) is 35.5. The molecule has 3 atom stereocenters. The number of aliphatic hydroxyl groups excluding tert-OH is 1. The highest BCUT2D eigenvalue weighted by atomic mass is 16.9. The first-order chi connectivity index (χ1) is 9.52. The lowest BCUT2D eigenvalue weighted by atomic mass is 9.89. The Labute approximate surface area is 118 Å². The molecule has 20 heavy (non-hydrogen) atoms. The summed E-state index contributed by atoms with van der Waals surface area (Å²) >= 11 is 0. The molecular formula is C15H20O5. The Balaban J connectivity index is 1.58. The molecule has 1 spiro atoms. The van der Waals surface area contributed by atoms with E-state index in [1.807, 2.05) is 44.2 Å². The highest BCUT2D eigenvalue weighted by molar-refractivity contribution is 5.20. The van der Waals surface area contributed by atoms with Crippen LogP contribution in [0.25, 0.3) is 0 Å². The maximum Gasteiger partial charge on any atom is 0.311 e. The number of ether oxygens (including phenoxy) is 4. The van der Waals surface area contributed by atoms with E-state index in [1.54, 1.807) is 0 Å². The van der Waals surface area contributed by atoms with Crippen LogP contribution in [0.5, 0.6) is 5.75 Å². The van der Waals surface area contributed by atoms with Gasteiger partial charge in [-0.15, -0.1) is 0 Å². The van der Waals surface area contributed by atoms with Gasteiger partial charge in [-0.3, -0.25) is 0 Å². The lowest BCUT2D eigenvalue weighted by Gasteiger charge is -2.28. The second-order valence-corrected chi connectivity index (χ2v) is 5.96. The van der Waals surface area contributed by atoms with Crippen LogP contribution >= 0.6 is 0 Å². The van der Waals surface area contributed by atoms with Crippen LogP contribution in [-0.2, 0) is 14.2 Å². The van der Waals surface area contributed by atoms with Gasteiger partial charge in [0.1, 0.15) is 24.6 Å². The van der Waals surface area contributed by atoms with Gasteiger partial charge in [0.25, 0.3) is 0 Å². The molecule has 5 heteroatoms. The summed E-state index contributed by atoms with van der Waals surface area (Å²) in [5, 5.41) is 10.3. The molecule has 1 aromatic carbocycles. The molecule has 0 radical (unpaired) electrons. The number of aliphatic hydroxyl groups is 1. The Morgan fingerprint density at radius 3 is 2.65 bits per heavy atom. The highest BCUT2D eigenvalue weighted by Gasteiger charge is 2.60. The molecule has 0 aliphatic carbocycles. The van der Waals surface area contributed by atoms with E-state index < -0.39 is 12.1 Å². The Hall–Kier alpha value is -1.14. The molecule has 1 aromatic rings. The zero-order valence-electron chi connectivity index (χ0n) is 11.7. The average molecular weight is 280 g/mol. The van der Waals surface area contributed by atoms with Crippen LogP contribution in [0, 0.1) is 5.41 Å². The zero-order valence-corrected chi connectivity index (χ0v) is 11.7. The Morgan fingerprint density at radius 1 is 1.25 bits per heavy atom. The molecule has 2 heterocycles. The van der Waals surface area contributed by atoms with Crippen molar-refractivity contribution >= 4 is 0 Å². The smallest absolute Gasteiger partial charge is 0.311 e.